The van der Waals surface area contributed by atoms with Crippen LogP contribution in [0.15, 0.2) is 18.3 Å². The summed E-state index contributed by atoms with van der Waals surface area (Å²) in [6, 6.07) is 4.23. The van der Waals surface area contributed by atoms with Crippen molar-refractivity contribution >= 4 is 11.0 Å². The topological polar surface area (TPSA) is 29.9 Å². The first-order valence-electron chi connectivity index (χ1n) is 5.89. The summed E-state index contributed by atoms with van der Waals surface area (Å²) in [5.74, 6) is 0.660. The normalized spacial score (nSPS) is 20.8. The van der Waals surface area contributed by atoms with Gasteiger partial charge < -0.3 is 9.88 Å². The molecule has 3 heteroatoms. The summed E-state index contributed by atoms with van der Waals surface area (Å²) in [7, 11) is 2.11. The van der Waals surface area contributed by atoms with Gasteiger partial charge in [0.05, 0.1) is 0 Å². The van der Waals surface area contributed by atoms with Crippen molar-refractivity contribution in [3.63, 3.8) is 0 Å². The van der Waals surface area contributed by atoms with Crippen molar-refractivity contribution in [2.75, 3.05) is 13.1 Å². The van der Waals surface area contributed by atoms with Crippen molar-refractivity contribution in [3.8, 4) is 0 Å². The molecule has 0 aromatic carbocycles. The average Bonchev–Trinajstić information content (AvgIpc) is 2.89. The van der Waals surface area contributed by atoms with Crippen molar-refractivity contribution in [1.29, 1.82) is 0 Å². The number of hydrogen-bond acceptors (Lipinski definition) is 2. The van der Waals surface area contributed by atoms with Gasteiger partial charge in [0.15, 0.2) is 0 Å². The molecule has 16 heavy (non-hydrogen) atoms. The van der Waals surface area contributed by atoms with Crippen LogP contribution >= 0.6 is 0 Å². The molecule has 0 spiro atoms. The summed E-state index contributed by atoms with van der Waals surface area (Å²) < 4.78 is 2.21. The number of aryl methyl sites for hydroxylation is 1. The lowest BCUT2D eigenvalue weighted by atomic mass is 9.96. The monoisotopic (exact) mass is 215 g/mol. The van der Waals surface area contributed by atoms with Crippen molar-refractivity contribution in [1.82, 2.24) is 14.9 Å². The van der Waals surface area contributed by atoms with Crippen LogP contribution in [0.25, 0.3) is 11.0 Å². The van der Waals surface area contributed by atoms with E-state index in [9.17, 15) is 0 Å². The molecular formula is C13H17N3. The second-order valence-corrected chi connectivity index (χ2v) is 4.62. The van der Waals surface area contributed by atoms with Gasteiger partial charge in [-0.2, -0.15) is 0 Å². The lowest BCUT2D eigenvalue weighted by Crippen LogP contribution is -2.08. The highest BCUT2D eigenvalue weighted by molar-refractivity contribution is 5.82. The molecule has 0 bridgehead atoms. The predicted octanol–water partition coefficient (Wildman–Crippen LogP) is 1.96. The zero-order chi connectivity index (χ0) is 11.1. The van der Waals surface area contributed by atoms with E-state index in [1.54, 1.807) is 0 Å². The molecule has 1 unspecified atom stereocenters. The summed E-state index contributed by atoms with van der Waals surface area (Å²) in [6.45, 7) is 4.45. The standard InChI is InChI=1S/C13H17N3/c1-9-12(10-5-7-14-8-10)11-4-3-6-15-13(11)16(9)2/h3-4,6,10,14H,5,7-8H2,1-2H3. The first-order valence-corrected chi connectivity index (χ1v) is 5.89. The first kappa shape index (κ1) is 9.85. The van der Waals surface area contributed by atoms with E-state index in [2.05, 4.69) is 34.9 Å². The third-order valence-corrected chi connectivity index (χ3v) is 3.76. The summed E-state index contributed by atoms with van der Waals surface area (Å²) in [6.07, 6.45) is 3.12. The molecule has 3 nitrogen and oxygen atoms in total. The van der Waals surface area contributed by atoms with E-state index in [-0.39, 0.29) is 0 Å². The molecule has 1 aliphatic heterocycles. The van der Waals surface area contributed by atoms with Gasteiger partial charge in [-0.15, -0.1) is 0 Å². The van der Waals surface area contributed by atoms with E-state index in [0.717, 1.165) is 18.7 Å². The lowest BCUT2D eigenvalue weighted by molar-refractivity contribution is 0.751. The molecule has 1 atom stereocenters. The minimum Gasteiger partial charge on any atom is -0.333 e. The molecule has 1 aliphatic rings. The van der Waals surface area contributed by atoms with E-state index in [1.165, 1.54) is 23.1 Å². The maximum absolute atomic E-state index is 4.48. The summed E-state index contributed by atoms with van der Waals surface area (Å²) in [5, 5.41) is 4.77. The molecule has 1 fully saturated rings. The van der Waals surface area contributed by atoms with Gasteiger partial charge in [0.25, 0.3) is 0 Å². The van der Waals surface area contributed by atoms with E-state index < -0.39 is 0 Å². The number of hydrogen-bond donors (Lipinski definition) is 1. The van der Waals surface area contributed by atoms with Crippen LogP contribution in [0, 0.1) is 6.92 Å². The fourth-order valence-electron chi connectivity index (χ4n) is 2.83. The highest BCUT2D eigenvalue weighted by atomic mass is 15.0. The van der Waals surface area contributed by atoms with Crippen LogP contribution in [-0.4, -0.2) is 22.6 Å². The number of nitrogens with one attached hydrogen (secondary N) is 1. The Hall–Kier alpha value is -1.35. The zero-order valence-electron chi connectivity index (χ0n) is 9.83. The minimum absolute atomic E-state index is 0.660. The van der Waals surface area contributed by atoms with Crippen LogP contribution in [-0.2, 0) is 7.05 Å². The summed E-state index contributed by atoms with van der Waals surface area (Å²) >= 11 is 0. The SMILES string of the molecule is Cc1c(C2CCNC2)c2cccnc2n1C. The Bertz CT molecular complexity index is 521. The second kappa shape index (κ2) is 3.59. The van der Waals surface area contributed by atoms with Gasteiger partial charge in [0.2, 0.25) is 0 Å². The molecule has 3 heterocycles. The second-order valence-electron chi connectivity index (χ2n) is 4.62. The Morgan fingerprint density at radius 2 is 2.38 bits per heavy atom. The molecule has 1 N–H and O–H groups in total. The average molecular weight is 215 g/mol. The van der Waals surface area contributed by atoms with Crippen LogP contribution in [0.1, 0.15) is 23.6 Å². The Morgan fingerprint density at radius 3 is 3.12 bits per heavy atom. The number of fused-ring (bicyclic) bond motifs is 1. The maximum Gasteiger partial charge on any atom is 0.140 e. The van der Waals surface area contributed by atoms with Gasteiger partial charge in [-0.1, -0.05) is 0 Å². The molecule has 84 valence electrons. The summed E-state index contributed by atoms with van der Waals surface area (Å²) in [5.41, 5.74) is 3.97. The third kappa shape index (κ3) is 1.28. The van der Waals surface area contributed by atoms with Gasteiger partial charge in [-0.05, 0) is 43.5 Å². The zero-order valence-corrected chi connectivity index (χ0v) is 9.83. The molecular weight excluding hydrogens is 198 g/mol. The molecule has 2 aromatic rings. The maximum atomic E-state index is 4.48. The molecule has 2 aromatic heterocycles. The van der Waals surface area contributed by atoms with E-state index in [4.69, 9.17) is 0 Å². The quantitative estimate of drug-likeness (QED) is 0.788. The van der Waals surface area contributed by atoms with Crippen LogP contribution in [0.4, 0.5) is 0 Å². The fraction of sp³-hybridized carbons (Fsp3) is 0.462. The van der Waals surface area contributed by atoms with Crippen LogP contribution < -0.4 is 5.32 Å². The summed E-state index contributed by atoms with van der Waals surface area (Å²) in [4.78, 5) is 4.48. The van der Waals surface area contributed by atoms with Crippen LogP contribution in [0.3, 0.4) is 0 Å². The lowest BCUT2D eigenvalue weighted by Gasteiger charge is -2.09. The fourth-order valence-corrected chi connectivity index (χ4v) is 2.83. The largest absolute Gasteiger partial charge is 0.333 e. The number of nitrogens with zero attached hydrogens (tertiary/aromatic N) is 2. The Balaban J connectivity index is 2.26. The van der Waals surface area contributed by atoms with Crippen molar-refractivity contribution in [2.24, 2.45) is 7.05 Å². The first-order chi connectivity index (χ1) is 7.79. The molecule has 1 saturated heterocycles. The van der Waals surface area contributed by atoms with Crippen molar-refractivity contribution < 1.29 is 0 Å². The van der Waals surface area contributed by atoms with E-state index >= 15 is 0 Å². The van der Waals surface area contributed by atoms with Gasteiger partial charge in [-0.3, -0.25) is 0 Å². The van der Waals surface area contributed by atoms with E-state index in [1.807, 2.05) is 12.3 Å². The van der Waals surface area contributed by atoms with Gasteiger partial charge in [0.1, 0.15) is 5.65 Å². The molecule has 0 radical (unpaired) electrons. The van der Waals surface area contributed by atoms with Crippen molar-refractivity contribution in [2.45, 2.75) is 19.3 Å². The van der Waals surface area contributed by atoms with E-state index in [0.29, 0.717) is 5.92 Å². The molecule has 0 saturated carbocycles. The van der Waals surface area contributed by atoms with Crippen LogP contribution in [0.2, 0.25) is 0 Å². The third-order valence-electron chi connectivity index (χ3n) is 3.76. The van der Waals surface area contributed by atoms with Gasteiger partial charge in [-0.25, -0.2) is 4.98 Å². The van der Waals surface area contributed by atoms with Gasteiger partial charge in [0, 0.05) is 30.9 Å². The highest BCUT2D eigenvalue weighted by Crippen LogP contribution is 2.33. The predicted molar refractivity (Wildman–Crippen MR) is 65.7 cm³/mol. The minimum atomic E-state index is 0.660. The molecule has 0 aliphatic carbocycles. The Labute approximate surface area is 95.5 Å². The number of aromatic nitrogens is 2. The highest BCUT2D eigenvalue weighted by Gasteiger charge is 2.23. The Kier molecular flexibility index (Phi) is 2.21. The number of pyridine rings is 1. The van der Waals surface area contributed by atoms with Crippen LogP contribution in [0.5, 0.6) is 0 Å². The van der Waals surface area contributed by atoms with Crippen molar-refractivity contribution in [3.05, 3.63) is 29.6 Å². The number of rotatable bonds is 1. The smallest absolute Gasteiger partial charge is 0.140 e. The molecule has 3 rings (SSSR count). The molecule has 0 amide bonds. The Morgan fingerprint density at radius 1 is 1.50 bits per heavy atom. The van der Waals surface area contributed by atoms with Gasteiger partial charge >= 0.3 is 0 Å².